The average molecular weight is 306 g/mol. The van der Waals surface area contributed by atoms with E-state index in [2.05, 4.69) is 39.5 Å². The van der Waals surface area contributed by atoms with Crippen molar-refractivity contribution < 1.29 is 0 Å². The minimum Gasteiger partial charge on any atom is -0.308 e. The number of rotatable bonds is 8. The van der Waals surface area contributed by atoms with Gasteiger partial charge >= 0.3 is 0 Å². The highest BCUT2D eigenvalue weighted by atomic mass is 32.1. The van der Waals surface area contributed by atoms with Gasteiger partial charge in [-0.05, 0) is 26.8 Å². The van der Waals surface area contributed by atoms with E-state index in [0.29, 0.717) is 6.04 Å². The molecule has 1 aliphatic rings. The summed E-state index contributed by atoms with van der Waals surface area (Å²) in [4.78, 5) is 7.92. The topological polar surface area (TPSA) is 58.9 Å². The van der Waals surface area contributed by atoms with Gasteiger partial charge in [-0.15, -0.1) is 16.4 Å². The van der Waals surface area contributed by atoms with Gasteiger partial charge in [-0.2, -0.15) is 0 Å². The standard InChI is InChI=1S/C14H22N6S/c1-11-14(21-10-16-11)9-19(2)5-6-20-8-13(17-18-20)7-15-12-3-4-12/h8,10,12,15H,3-7,9H2,1-2H3. The first-order valence-electron chi connectivity index (χ1n) is 7.40. The van der Waals surface area contributed by atoms with Crippen LogP contribution in [0.3, 0.4) is 0 Å². The zero-order chi connectivity index (χ0) is 14.7. The third kappa shape index (κ3) is 4.33. The van der Waals surface area contributed by atoms with Gasteiger partial charge in [0, 0.05) is 36.8 Å². The van der Waals surface area contributed by atoms with Crippen LogP contribution >= 0.6 is 11.3 Å². The van der Waals surface area contributed by atoms with Crippen LogP contribution in [-0.2, 0) is 19.6 Å². The molecule has 0 bridgehead atoms. The van der Waals surface area contributed by atoms with E-state index in [1.165, 1.54) is 17.7 Å². The number of aryl methyl sites for hydroxylation is 1. The van der Waals surface area contributed by atoms with Gasteiger partial charge in [0.1, 0.15) is 0 Å². The number of hydrogen-bond acceptors (Lipinski definition) is 6. The molecule has 6 nitrogen and oxygen atoms in total. The Morgan fingerprint density at radius 3 is 3.05 bits per heavy atom. The molecular formula is C14H22N6S. The minimum absolute atomic E-state index is 0.712. The fourth-order valence-corrected chi connectivity index (χ4v) is 3.00. The maximum Gasteiger partial charge on any atom is 0.0964 e. The molecule has 1 aliphatic carbocycles. The number of thiazole rings is 1. The number of nitrogens with one attached hydrogen (secondary N) is 1. The van der Waals surface area contributed by atoms with Crippen molar-refractivity contribution in [3.05, 3.63) is 28.0 Å². The molecular weight excluding hydrogens is 284 g/mol. The van der Waals surface area contributed by atoms with Gasteiger partial charge in [0.15, 0.2) is 0 Å². The lowest BCUT2D eigenvalue weighted by atomic mass is 10.3. The summed E-state index contributed by atoms with van der Waals surface area (Å²) in [6.45, 7) is 5.67. The molecule has 114 valence electrons. The lowest BCUT2D eigenvalue weighted by molar-refractivity contribution is 0.305. The van der Waals surface area contributed by atoms with Crippen LogP contribution in [0.1, 0.15) is 29.1 Å². The summed E-state index contributed by atoms with van der Waals surface area (Å²) in [5, 5.41) is 11.9. The molecule has 0 aromatic carbocycles. The summed E-state index contributed by atoms with van der Waals surface area (Å²) in [6, 6.07) is 0.712. The lowest BCUT2D eigenvalue weighted by Gasteiger charge is -2.15. The molecule has 2 aromatic heterocycles. The first kappa shape index (κ1) is 14.6. The van der Waals surface area contributed by atoms with Crippen molar-refractivity contribution in [1.29, 1.82) is 0 Å². The highest BCUT2D eigenvalue weighted by Crippen LogP contribution is 2.18. The Kier molecular flexibility index (Phi) is 4.62. The van der Waals surface area contributed by atoms with Gasteiger partial charge in [0.25, 0.3) is 0 Å². The Balaban J connectivity index is 1.42. The highest BCUT2D eigenvalue weighted by molar-refractivity contribution is 7.09. The molecule has 0 spiro atoms. The van der Waals surface area contributed by atoms with E-state index < -0.39 is 0 Å². The van der Waals surface area contributed by atoms with Crippen molar-refractivity contribution in [2.75, 3.05) is 13.6 Å². The smallest absolute Gasteiger partial charge is 0.0964 e. The molecule has 0 aliphatic heterocycles. The summed E-state index contributed by atoms with van der Waals surface area (Å²) in [5.74, 6) is 0. The number of aromatic nitrogens is 4. The summed E-state index contributed by atoms with van der Waals surface area (Å²) in [6.07, 6.45) is 4.65. The van der Waals surface area contributed by atoms with Crippen LogP contribution in [0.25, 0.3) is 0 Å². The molecule has 0 radical (unpaired) electrons. The van der Waals surface area contributed by atoms with Gasteiger partial charge in [0.2, 0.25) is 0 Å². The largest absolute Gasteiger partial charge is 0.308 e. The van der Waals surface area contributed by atoms with Crippen LogP contribution in [-0.4, -0.2) is 44.5 Å². The summed E-state index contributed by atoms with van der Waals surface area (Å²) in [7, 11) is 2.13. The number of nitrogens with zero attached hydrogens (tertiary/aromatic N) is 5. The average Bonchev–Trinajstić information content (AvgIpc) is 3.05. The molecule has 0 amide bonds. The van der Waals surface area contributed by atoms with Crippen molar-refractivity contribution >= 4 is 11.3 Å². The Morgan fingerprint density at radius 1 is 1.48 bits per heavy atom. The molecule has 1 fully saturated rings. The van der Waals surface area contributed by atoms with E-state index in [9.17, 15) is 0 Å². The molecule has 2 aromatic rings. The number of hydrogen-bond donors (Lipinski definition) is 1. The van der Waals surface area contributed by atoms with Crippen LogP contribution in [0.5, 0.6) is 0 Å². The fourth-order valence-electron chi connectivity index (χ4n) is 2.14. The van der Waals surface area contributed by atoms with Crippen LogP contribution in [0.2, 0.25) is 0 Å². The molecule has 1 N–H and O–H groups in total. The minimum atomic E-state index is 0.712. The maximum atomic E-state index is 4.29. The molecule has 0 unspecified atom stereocenters. The van der Waals surface area contributed by atoms with Gasteiger partial charge in [-0.1, -0.05) is 5.21 Å². The first-order chi connectivity index (χ1) is 10.2. The molecule has 0 atom stereocenters. The number of likely N-dealkylation sites (N-methyl/N-ethyl adjacent to an activating group) is 1. The Bertz CT molecular complexity index is 574. The molecule has 7 heteroatoms. The third-order valence-electron chi connectivity index (χ3n) is 3.70. The zero-order valence-corrected chi connectivity index (χ0v) is 13.4. The van der Waals surface area contributed by atoms with Crippen LogP contribution in [0.15, 0.2) is 11.7 Å². The van der Waals surface area contributed by atoms with E-state index in [4.69, 9.17) is 0 Å². The van der Waals surface area contributed by atoms with Gasteiger partial charge in [0.05, 0.1) is 23.4 Å². The van der Waals surface area contributed by atoms with E-state index in [-0.39, 0.29) is 0 Å². The van der Waals surface area contributed by atoms with Gasteiger partial charge in [-0.25, -0.2) is 4.98 Å². The second-order valence-electron chi connectivity index (χ2n) is 5.73. The van der Waals surface area contributed by atoms with Crippen LogP contribution in [0.4, 0.5) is 0 Å². The van der Waals surface area contributed by atoms with E-state index in [1.54, 1.807) is 11.3 Å². The summed E-state index contributed by atoms with van der Waals surface area (Å²) >= 11 is 1.72. The Morgan fingerprint density at radius 2 is 2.33 bits per heavy atom. The highest BCUT2D eigenvalue weighted by Gasteiger charge is 2.20. The molecule has 21 heavy (non-hydrogen) atoms. The van der Waals surface area contributed by atoms with Gasteiger partial charge < -0.3 is 5.32 Å². The Labute approximate surface area is 129 Å². The molecule has 3 rings (SSSR count). The third-order valence-corrected chi connectivity index (χ3v) is 4.62. The second kappa shape index (κ2) is 6.64. The van der Waals surface area contributed by atoms with Crippen molar-refractivity contribution in [2.24, 2.45) is 0 Å². The SMILES string of the molecule is Cc1ncsc1CN(C)CCn1cc(CNC2CC2)nn1. The van der Waals surface area contributed by atoms with Crippen LogP contribution in [0, 0.1) is 6.92 Å². The monoisotopic (exact) mass is 306 g/mol. The quantitative estimate of drug-likeness (QED) is 0.799. The molecule has 1 saturated carbocycles. The lowest BCUT2D eigenvalue weighted by Crippen LogP contribution is -2.23. The molecule has 0 saturated heterocycles. The predicted octanol–water partition coefficient (Wildman–Crippen LogP) is 1.43. The first-order valence-corrected chi connectivity index (χ1v) is 8.28. The maximum absolute atomic E-state index is 4.29. The summed E-state index contributed by atoms with van der Waals surface area (Å²) < 4.78 is 1.93. The van der Waals surface area contributed by atoms with E-state index >= 15 is 0 Å². The van der Waals surface area contributed by atoms with Crippen LogP contribution < -0.4 is 5.32 Å². The van der Waals surface area contributed by atoms with E-state index in [0.717, 1.165) is 37.6 Å². The predicted molar refractivity (Wildman–Crippen MR) is 83.1 cm³/mol. The van der Waals surface area contributed by atoms with E-state index in [1.807, 2.05) is 16.4 Å². The van der Waals surface area contributed by atoms with Gasteiger partial charge in [-0.3, -0.25) is 9.58 Å². The molecule has 2 heterocycles. The van der Waals surface area contributed by atoms with Crippen molar-refractivity contribution in [2.45, 2.75) is 45.4 Å². The Hall–Kier alpha value is -1.31. The summed E-state index contributed by atoms with van der Waals surface area (Å²) in [5.41, 5.74) is 4.08. The second-order valence-corrected chi connectivity index (χ2v) is 6.67. The zero-order valence-electron chi connectivity index (χ0n) is 12.6. The fraction of sp³-hybridized carbons (Fsp3) is 0.643. The van der Waals surface area contributed by atoms with Crippen molar-refractivity contribution in [3.63, 3.8) is 0 Å². The normalized spacial score (nSPS) is 15.0. The van der Waals surface area contributed by atoms with Crippen molar-refractivity contribution in [1.82, 2.24) is 30.2 Å². The van der Waals surface area contributed by atoms with Crippen molar-refractivity contribution in [3.8, 4) is 0 Å².